The number of nitrogens with one attached hydrogen (secondary N) is 1. The fraction of sp³-hybridized carbons (Fsp3) is 0.533. The molecule has 1 fully saturated rings. The minimum absolute atomic E-state index is 0.0384. The molecule has 1 amide bonds. The first-order valence-electron chi connectivity index (χ1n) is 6.79. The molecule has 1 heterocycles. The molecule has 1 aliphatic heterocycles. The molecular formula is C15H23N3O. The molecule has 2 rings (SSSR count). The van der Waals surface area contributed by atoms with Crippen LogP contribution in [0.1, 0.15) is 11.1 Å². The van der Waals surface area contributed by atoms with Crippen LogP contribution in [0.25, 0.3) is 0 Å². The van der Waals surface area contributed by atoms with Crippen molar-refractivity contribution in [3.05, 3.63) is 35.4 Å². The van der Waals surface area contributed by atoms with Crippen LogP contribution in [0.4, 0.5) is 0 Å². The summed E-state index contributed by atoms with van der Waals surface area (Å²) in [6.07, 6.45) is 0. The van der Waals surface area contributed by atoms with Gasteiger partial charge in [-0.2, -0.15) is 0 Å². The van der Waals surface area contributed by atoms with Gasteiger partial charge in [0.2, 0.25) is 5.91 Å². The van der Waals surface area contributed by atoms with Gasteiger partial charge in [-0.05, 0) is 19.5 Å². The second kappa shape index (κ2) is 6.17. The van der Waals surface area contributed by atoms with Gasteiger partial charge in [0, 0.05) is 33.2 Å². The van der Waals surface area contributed by atoms with E-state index in [2.05, 4.69) is 35.3 Å². The van der Waals surface area contributed by atoms with Gasteiger partial charge in [-0.3, -0.25) is 9.69 Å². The van der Waals surface area contributed by atoms with Crippen LogP contribution in [0.3, 0.4) is 0 Å². The number of benzene rings is 1. The molecule has 0 saturated carbocycles. The Hall–Kier alpha value is -1.39. The number of hydrogen-bond donors (Lipinski definition) is 1. The fourth-order valence-corrected chi connectivity index (χ4v) is 2.50. The van der Waals surface area contributed by atoms with Gasteiger partial charge >= 0.3 is 0 Å². The van der Waals surface area contributed by atoms with Crippen molar-refractivity contribution in [3.63, 3.8) is 0 Å². The number of amides is 1. The summed E-state index contributed by atoms with van der Waals surface area (Å²) in [5.41, 5.74) is 2.41. The summed E-state index contributed by atoms with van der Waals surface area (Å²) in [4.78, 5) is 16.4. The smallest absolute Gasteiger partial charge is 0.241 e. The maximum Gasteiger partial charge on any atom is 0.241 e. The van der Waals surface area contributed by atoms with Gasteiger partial charge in [0.15, 0.2) is 0 Å². The zero-order valence-electron chi connectivity index (χ0n) is 12.0. The highest BCUT2D eigenvalue weighted by Gasteiger charge is 2.28. The number of carbonyl (C=O) groups is 1. The third kappa shape index (κ3) is 3.55. The number of hydrogen-bond acceptors (Lipinski definition) is 3. The zero-order chi connectivity index (χ0) is 13.8. The van der Waals surface area contributed by atoms with E-state index in [4.69, 9.17) is 0 Å². The minimum atomic E-state index is -0.0384. The van der Waals surface area contributed by atoms with Gasteiger partial charge in [0.25, 0.3) is 0 Å². The number of piperazine rings is 1. The van der Waals surface area contributed by atoms with Gasteiger partial charge in [0.05, 0.1) is 0 Å². The summed E-state index contributed by atoms with van der Waals surface area (Å²) in [5, 5.41) is 3.28. The summed E-state index contributed by atoms with van der Waals surface area (Å²) in [5.74, 6) is 0.191. The van der Waals surface area contributed by atoms with E-state index in [9.17, 15) is 4.79 Å². The van der Waals surface area contributed by atoms with E-state index in [1.54, 1.807) is 0 Å². The zero-order valence-corrected chi connectivity index (χ0v) is 12.0. The molecule has 0 bridgehead atoms. The van der Waals surface area contributed by atoms with Gasteiger partial charge in [-0.25, -0.2) is 0 Å². The Morgan fingerprint density at radius 3 is 3.00 bits per heavy atom. The molecule has 19 heavy (non-hydrogen) atoms. The predicted octanol–water partition coefficient (Wildman–Crippen LogP) is 0.857. The van der Waals surface area contributed by atoms with Crippen LogP contribution in [0, 0.1) is 6.92 Å². The van der Waals surface area contributed by atoms with Gasteiger partial charge in [0.1, 0.15) is 6.04 Å². The molecule has 1 aliphatic rings. The van der Waals surface area contributed by atoms with Crippen molar-refractivity contribution in [2.24, 2.45) is 0 Å². The summed E-state index contributed by atoms with van der Waals surface area (Å²) in [6.45, 7) is 5.37. The standard InChI is InChI=1S/C15H23N3O/c1-12-5-4-6-13(9-12)11-18(3)15(19)14-10-16-7-8-17(14)2/h4-6,9,14,16H,7-8,10-11H2,1-3H3. The predicted molar refractivity (Wildman–Crippen MR) is 76.9 cm³/mol. The molecule has 1 unspecified atom stereocenters. The molecule has 0 aliphatic carbocycles. The molecule has 1 saturated heterocycles. The van der Waals surface area contributed by atoms with Crippen molar-refractivity contribution >= 4 is 5.91 Å². The Balaban J connectivity index is 1.99. The highest BCUT2D eigenvalue weighted by Crippen LogP contribution is 2.10. The summed E-state index contributed by atoms with van der Waals surface area (Å²) in [7, 11) is 3.90. The Kier molecular flexibility index (Phi) is 4.56. The third-order valence-electron chi connectivity index (χ3n) is 3.67. The van der Waals surface area contributed by atoms with Crippen LogP contribution in [0.15, 0.2) is 24.3 Å². The van der Waals surface area contributed by atoms with E-state index < -0.39 is 0 Å². The topological polar surface area (TPSA) is 35.6 Å². The summed E-state index contributed by atoms with van der Waals surface area (Å²) < 4.78 is 0. The van der Waals surface area contributed by atoms with E-state index >= 15 is 0 Å². The second-order valence-corrected chi connectivity index (χ2v) is 5.38. The monoisotopic (exact) mass is 261 g/mol. The second-order valence-electron chi connectivity index (χ2n) is 5.38. The van der Waals surface area contributed by atoms with E-state index in [1.807, 2.05) is 25.1 Å². The van der Waals surface area contributed by atoms with Gasteiger partial charge < -0.3 is 10.2 Å². The van der Waals surface area contributed by atoms with Gasteiger partial charge in [-0.1, -0.05) is 29.8 Å². The van der Waals surface area contributed by atoms with Crippen molar-refractivity contribution in [3.8, 4) is 0 Å². The van der Waals surface area contributed by atoms with Crippen molar-refractivity contribution in [2.75, 3.05) is 33.7 Å². The molecule has 1 aromatic carbocycles. The molecule has 104 valence electrons. The van der Waals surface area contributed by atoms with Crippen LogP contribution in [0.2, 0.25) is 0 Å². The van der Waals surface area contributed by atoms with Crippen LogP contribution >= 0.6 is 0 Å². The van der Waals surface area contributed by atoms with Crippen LogP contribution < -0.4 is 5.32 Å². The van der Waals surface area contributed by atoms with E-state index in [-0.39, 0.29) is 11.9 Å². The van der Waals surface area contributed by atoms with E-state index in [0.29, 0.717) is 6.54 Å². The third-order valence-corrected chi connectivity index (χ3v) is 3.67. The Labute approximate surface area is 115 Å². The number of likely N-dealkylation sites (N-methyl/N-ethyl adjacent to an activating group) is 2. The van der Waals surface area contributed by atoms with E-state index in [1.165, 1.54) is 11.1 Å². The lowest BCUT2D eigenvalue weighted by Crippen LogP contribution is -2.56. The molecule has 1 N–H and O–H groups in total. The molecule has 0 spiro atoms. The maximum atomic E-state index is 12.4. The van der Waals surface area contributed by atoms with Crippen LogP contribution in [-0.4, -0.2) is 55.5 Å². The Morgan fingerprint density at radius 2 is 2.32 bits per heavy atom. The Bertz CT molecular complexity index is 447. The first-order valence-corrected chi connectivity index (χ1v) is 6.79. The first-order chi connectivity index (χ1) is 9.08. The normalized spacial score (nSPS) is 20.3. The van der Waals surface area contributed by atoms with Crippen LogP contribution in [-0.2, 0) is 11.3 Å². The quantitative estimate of drug-likeness (QED) is 0.876. The largest absolute Gasteiger partial charge is 0.340 e. The van der Waals surface area contributed by atoms with Crippen molar-refractivity contribution in [2.45, 2.75) is 19.5 Å². The lowest BCUT2D eigenvalue weighted by molar-refractivity contribution is -0.136. The van der Waals surface area contributed by atoms with E-state index in [0.717, 1.165) is 19.6 Å². The van der Waals surface area contributed by atoms with Crippen molar-refractivity contribution in [1.29, 1.82) is 0 Å². The highest BCUT2D eigenvalue weighted by molar-refractivity contribution is 5.82. The average Bonchev–Trinajstić information content (AvgIpc) is 2.38. The Morgan fingerprint density at radius 1 is 1.53 bits per heavy atom. The summed E-state index contributed by atoms with van der Waals surface area (Å²) >= 11 is 0. The molecule has 1 aromatic rings. The highest BCUT2D eigenvalue weighted by atomic mass is 16.2. The van der Waals surface area contributed by atoms with Crippen molar-refractivity contribution in [1.82, 2.24) is 15.1 Å². The lowest BCUT2D eigenvalue weighted by Gasteiger charge is -2.34. The SMILES string of the molecule is Cc1cccc(CN(C)C(=O)C2CNCCN2C)c1. The fourth-order valence-electron chi connectivity index (χ4n) is 2.50. The number of nitrogens with zero attached hydrogens (tertiary/aromatic N) is 2. The number of rotatable bonds is 3. The summed E-state index contributed by atoms with van der Waals surface area (Å²) in [6, 6.07) is 8.27. The van der Waals surface area contributed by atoms with Crippen molar-refractivity contribution < 1.29 is 4.79 Å². The molecule has 0 radical (unpaired) electrons. The molecular weight excluding hydrogens is 238 g/mol. The van der Waals surface area contributed by atoms with Crippen LogP contribution in [0.5, 0.6) is 0 Å². The number of carbonyl (C=O) groups excluding carboxylic acids is 1. The minimum Gasteiger partial charge on any atom is -0.340 e. The lowest BCUT2D eigenvalue weighted by atomic mass is 10.1. The average molecular weight is 261 g/mol. The first kappa shape index (κ1) is 14.0. The molecule has 1 atom stereocenters. The number of aryl methyl sites for hydroxylation is 1. The molecule has 4 heteroatoms. The molecule has 0 aromatic heterocycles. The molecule has 4 nitrogen and oxygen atoms in total. The maximum absolute atomic E-state index is 12.4. The van der Waals surface area contributed by atoms with Gasteiger partial charge in [-0.15, -0.1) is 0 Å².